The quantitative estimate of drug-likeness (QED) is 0.0508. The standard InChI is InChI=1S/C21H34O4.C17H30O4.C17H28O2.C16H26O4.C16H26O3.2C13H18O5/c1-6-19(2,3)18(23)24-13-17(22)25-20(4,5)21-10-14-7-15(11-21)9-16(8-14)12-21;1-6-16(2,3)15(19)20-12-14(18)21-17(4,5)13-10-8-7-9-11-13;1-5-16(2,3)15(18)19-17(4)13-7-11-6-12(9-13)10-14(17)8-11;1-4-13(2,3)12(17)20-16-7-11-5-14(18,9-16)8-15(19,6-11)10-16;1-4-14(2,3)13(17)19-16-8-11-5-12(9-16)7-15(18,6-11)10-16;2*1-4-13(2,3)12(15)18-9-7-5-6-8(16-7)10(9)17-11(6)14/h14-16H,6-13H2,1-5H3;13H,6-12H2,1-5H3;11-14H,5-10H2,1-4H3;11,18-19H,4-10H2,1-3H3;11-12,18H,4-10H2,1-3H3;2*6-10H,4-5H2,1-3H3. The molecule has 3 N–H and O–H groups in total. The molecular weight excluding hydrogens is 1790 g/mol. The number of esters is 11. The molecule has 27 nitrogen and oxygen atoms in total. The highest BCUT2D eigenvalue weighted by molar-refractivity contribution is 5.83. The van der Waals surface area contributed by atoms with Gasteiger partial charge in [-0.05, 0) is 389 Å². The molecule has 794 valence electrons. The summed E-state index contributed by atoms with van der Waals surface area (Å²) in [5, 5.41) is 32.0. The van der Waals surface area contributed by atoms with Gasteiger partial charge in [-0.2, -0.15) is 0 Å². The molecule has 6 heterocycles. The van der Waals surface area contributed by atoms with Crippen LogP contribution in [0.25, 0.3) is 0 Å². The lowest BCUT2D eigenvalue weighted by Crippen LogP contribution is -2.67. The van der Waals surface area contributed by atoms with Crippen LogP contribution in [0, 0.1) is 120 Å². The Morgan fingerprint density at radius 2 is 0.671 bits per heavy atom. The number of aliphatic hydroxyl groups is 3. The van der Waals surface area contributed by atoms with E-state index in [0.29, 0.717) is 93.8 Å². The van der Waals surface area contributed by atoms with Crippen LogP contribution in [-0.2, 0) is 114 Å². The van der Waals surface area contributed by atoms with Crippen LogP contribution in [0.5, 0.6) is 0 Å². The first-order valence-electron chi connectivity index (χ1n) is 54.6. The van der Waals surface area contributed by atoms with E-state index in [4.69, 9.17) is 61.6 Å². The summed E-state index contributed by atoms with van der Waals surface area (Å²) in [7, 11) is 0. The molecule has 0 aromatic rings. The van der Waals surface area contributed by atoms with Crippen molar-refractivity contribution in [3.63, 3.8) is 0 Å². The van der Waals surface area contributed by atoms with Gasteiger partial charge < -0.3 is 76.9 Å². The highest BCUT2D eigenvalue weighted by Crippen LogP contribution is 2.67. The summed E-state index contributed by atoms with van der Waals surface area (Å²) in [6.07, 6.45) is 33.5. The number of carbonyl (C=O) groups excluding carboxylic acids is 11. The first-order chi connectivity index (χ1) is 64.8. The molecule has 17 aliphatic carbocycles. The maximum atomic E-state index is 12.5. The SMILES string of the molecule is CCC(C)(C)C(=O)OC1(C)C2CC3CC(C2)CC1C3.CCC(C)(C)C(=O)OC12CC3CC(CC(O)(C3)C1)C2.CCC(C)(C)C(=O)OC12CC3CC(O)(CC(O)(C3)C1)C2.CCC(C)(C)C(=O)OC1C2CC3C(=O)OC1C3O2.CCC(C)(C)C(=O)OC1C2CC3C(=O)OC1C3O2.CCC(C)(C)C(=O)OCC(=O)OC(C)(C)C12CC3CC(CC(C3)C1)C2.CCC(C)(C)C(=O)OCC(=O)OC(C)(C)C1CCCCC1. The lowest BCUT2D eigenvalue weighted by molar-refractivity contribution is -0.264. The van der Waals surface area contributed by atoms with Gasteiger partial charge in [0.2, 0.25) is 0 Å². The van der Waals surface area contributed by atoms with Gasteiger partial charge in [0.15, 0.2) is 37.6 Å². The van der Waals surface area contributed by atoms with Crippen molar-refractivity contribution in [3.05, 3.63) is 0 Å². The summed E-state index contributed by atoms with van der Waals surface area (Å²) in [5.41, 5.74) is -7.66. The zero-order valence-electron chi connectivity index (χ0n) is 90.3. The van der Waals surface area contributed by atoms with Crippen molar-refractivity contribution in [2.24, 2.45) is 120 Å². The Morgan fingerprint density at radius 3 is 1.05 bits per heavy atom. The van der Waals surface area contributed by atoms with Gasteiger partial charge in [-0.25, -0.2) is 9.59 Å². The zero-order chi connectivity index (χ0) is 103. The summed E-state index contributed by atoms with van der Waals surface area (Å²) in [4.78, 5) is 133. The van der Waals surface area contributed by atoms with Gasteiger partial charge >= 0.3 is 65.7 Å². The minimum absolute atomic E-state index is 0.0185. The molecule has 20 bridgehead atoms. The lowest BCUT2D eigenvalue weighted by Gasteiger charge is -2.62. The van der Waals surface area contributed by atoms with E-state index >= 15 is 0 Å². The molecular formula is C113H180O27. The number of hydrogen-bond donors (Lipinski definition) is 3. The predicted octanol–water partition coefficient (Wildman–Crippen LogP) is 19.9. The molecule has 23 rings (SSSR count). The second kappa shape index (κ2) is 40.9. The summed E-state index contributed by atoms with van der Waals surface area (Å²) in [6.45, 7) is 49.9. The van der Waals surface area contributed by atoms with E-state index < -0.39 is 102 Å². The van der Waals surface area contributed by atoms with E-state index in [9.17, 15) is 68.1 Å². The van der Waals surface area contributed by atoms with Crippen molar-refractivity contribution >= 4 is 65.7 Å². The molecule has 14 atom stereocenters. The average molecular weight is 1970 g/mol. The Hall–Kier alpha value is -6.03. The fourth-order valence-electron chi connectivity index (χ4n) is 28.4. The van der Waals surface area contributed by atoms with Crippen molar-refractivity contribution < 1.29 is 130 Å². The summed E-state index contributed by atoms with van der Waals surface area (Å²) in [6, 6.07) is 0. The minimum atomic E-state index is -0.842. The molecule has 0 spiro atoms. The van der Waals surface area contributed by atoms with Crippen LogP contribution in [0.3, 0.4) is 0 Å². The van der Waals surface area contributed by atoms with Crippen molar-refractivity contribution in [3.8, 4) is 0 Å². The largest absolute Gasteiger partial charge is 0.459 e. The molecule has 23 aliphatic rings. The second-order valence-corrected chi connectivity index (χ2v) is 53.6. The van der Waals surface area contributed by atoms with Gasteiger partial charge in [0, 0.05) is 31.1 Å². The maximum absolute atomic E-state index is 12.5. The number of ether oxygens (including phenoxy) is 13. The summed E-state index contributed by atoms with van der Waals surface area (Å²) < 4.78 is 72.7. The van der Waals surface area contributed by atoms with Crippen molar-refractivity contribution in [2.75, 3.05) is 13.2 Å². The van der Waals surface area contributed by atoms with Crippen LogP contribution >= 0.6 is 0 Å². The second-order valence-electron chi connectivity index (χ2n) is 53.6. The van der Waals surface area contributed by atoms with Crippen LogP contribution in [0.4, 0.5) is 0 Å². The third-order valence-electron chi connectivity index (χ3n) is 39.0. The molecule has 0 aromatic heterocycles. The average Bonchev–Trinajstić information content (AvgIpc) is 0.989. The van der Waals surface area contributed by atoms with E-state index in [1.807, 2.05) is 152 Å². The van der Waals surface area contributed by atoms with Gasteiger partial charge in [-0.1, -0.05) is 67.7 Å². The molecule has 23 fully saturated rings. The minimum Gasteiger partial charge on any atom is -0.459 e. The third kappa shape index (κ3) is 23.7. The van der Waals surface area contributed by atoms with Crippen LogP contribution in [-0.4, -0.2) is 188 Å². The first-order valence-corrected chi connectivity index (χ1v) is 54.6. The van der Waals surface area contributed by atoms with Crippen molar-refractivity contribution in [2.45, 2.75) is 511 Å². The smallest absolute Gasteiger partial charge is 0.344 e. The summed E-state index contributed by atoms with van der Waals surface area (Å²) in [5.74, 6) is 4.32. The van der Waals surface area contributed by atoms with Crippen LogP contribution in [0.1, 0.15) is 418 Å². The number of rotatable bonds is 27. The molecule has 27 heteroatoms. The molecule has 6 aliphatic heterocycles. The zero-order valence-corrected chi connectivity index (χ0v) is 90.3. The molecule has 0 amide bonds. The predicted molar refractivity (Wildman–Crippen MR) is 521 cm³/mol. The van der Waals surface area contributed by atoms with E-state index in [-0.39, 0.29) is 131 Å². The molecule has 17 saturated carbocycles. The number of carbonyl (C=O) groups is 11. The Bertz CT molecular complexity index is 4320. The van der Waals surface area contributed by atoms with Gasteiger partial charge in [0.25, 0.3) is 0 Å². The van der Waals surface area contributed by atoms with E-state index in [1.165, 1.54) is 96.3 Å². The fraction of sp³-hybridized carbons (Fsp3) is 0.903. The van der Waals surface area contributed by atoms with E-state index in [1.54, 1.807) is 0 Å². The molecule has 140 heavy (non-hydrogen) atoms. The van der Waals surface area contributed by atoms with Crippen LogP contribution in [0.2, 0.25) is 0 Å². The van der Waals surface area contributed by atoms with Gasteiger partial charge in [0.05, 0.1) is 78.8 Å². The molecule has 0 radical (unpaired) electrons. The van der Waals surface area contributed by atoms with Crippen LogP contribution < -0.4 is 0 Å². The first kappa shape index (κ1) is 111. The fourth-order valence-corrected chi connectivity index (χ4v) is 28.4. The van der Waals surface area contributed by atoms with Gasteiger partial charge in [-0.3, -0.25) is 43.2 Å². The highest BCUT2D eigenvalue weighted by Gasteiger charge is 2.70. The Balaban J connectivity index is 0.000000138. The third-order valence-corrected chi connectivity index (χ3v) is 39.0. The highest BCUT2D eigenvalue weighted by atomic mass is 16.7. The maximum Gasteiger partial charge on any atom is 0.344 e. The normalized spacial score (nSPS) is 38.0. The van der Waals surface area contributed by atoms with Gasteiger partial charge in [-0.15, -0.1) is 0 Å². The monoisotopic (exact) mass is 1970 g/mol. The number of hydrogen-bond acceptors (Lipinski definition) is 27. The van der Waals surface area contributed by atoms with E-state index in [2.05, 4.69) is 27.7 Å². The van der Waals surface area contributed by atoms with Crippen molar-refractivity contribution in [1.82, 2.24) is 0 Å². The Morgan fingerprint density at radius 1 is 0.343 bits per heavy atom. The molecule has 14 unspecified atom stereocenters. The number of fused-ring (bicyclic) bond motifs is 2. The Labute approximate surface area is 835 Å². The van der Waals surface area contributed by atoms with Crippen molar-refractivity contribution in [1.29, 1.82) is 0 Å². The molecule has 0 aromatic carbocycles. The topological polar surface area (TPSA) is 368 Å². The van der Waals surface area contributed by atoms with E-state index in [0.717, 1.165) is 107 Å². The van der Waals surface area contributed by atoms with Crippen LogP contribution in [0.15, 0.2) is 0 Å². The molecule has 6 saturated heterocycles. The van der Waals surface area contributed by atoms with Gasteiger partial charge in [0.1, 0.15) is 40.2 Å². The lowest BCUT2D eigenvalue weighted by atomic mass is 9.46. The Kier molecular flexibility index (Phi) is 32.5. The summed E-state index contributed by atoms with van der Waals surface area (Å²) >= 11 is 0.